The summed E-state index contributed by atoms with van der Waals surface area (Å²) in [7, 11) is 3.37. The number of rotatable bonds is 5. The molecule has 3 heteroatoms. The first-order valence-corrected chi connectivity index (χ1v) is 5.05. The van der Waals surface area contributed by atoms with Crippen LogP contribution in [-0.4, -0.2) is 38.1 Å². The Bertz CT molecular complexity index is 181. The first-order valence-electron chi connectivity index (χ1n) is 5.05. The van der Waals surface area contributed by atoms with Gasteiger partial charge in [0, 0.05) is 26.6 Å². The van der Waals surface area contributed by atoms with Crippen LogP contribution in [0.25, 0.3) is 0 Å². The molecule has 4 atom stereocenters. The maximum Gasteiger partial charge on any atom is 0.0649 e. The maximum absolute atomic E-state index is 9.84. The zero-order chi connectivity index (χ0) is 10.6. The Morgan fingerprint density at radius 2 is 2.14 bits per heavy atom. The van der Waals surface area contributed by atoms with E-state index in [9.17, 15) is 5.11 Å². The molecule has 82 valence electrons. The average molecular weight is 200 g/mol. The van der Waals surface area contributed by atoms with Crippen molar-refractivity contribution in [2.45, 2.75) is 25.0 Å². The van der Waals surface area contributed by atoms with E-state index in [4.69, 9.17) is 9.47 Å². The molecule has 0 spiro atoms. The fourth-order valence-electron chi connectivity index (χ4n) is 2.37. The molecule has 1 N–H and O–H groups in total. The van der Waals surface area contributed by atoms with Crippen LogP contribution in [0.1, 0.15) is 12.8 Å². The molecule has 0 amide bonds. The van der Waals surface area contributed by atoms with Crippen molar-refractivity contribution >= 4 is 0 Å². The lowest BCUT2D eigenvalue weighted by molar-refractivity contribution is 0.0192. The number of methoxy groups -OCH3 is 2. The highest BCUT2D eigenvalue weighted by Crippen LogP contribution is 2.36. The molecule has 0 aromatic heterocycles. The molecule has 14 heavy (non-hydrogen) atoms. The van der Waals surface area contributed by atoms with Crippen LogP contribution in [0.5, 0.6) is 0 Å². The van der Waals surface area contributed by atoms with Gasteiger partial charge in [0.15, 0.2) is 0 Å². The summed E-state index contributed by atoms with van der Waals surface area (Å²) in [4.78, 5) is 0. The number of aliphatic hydroxyl groups excluding tert-OH is 1. The summed E-state index contributed by atoms with van der Waals surface area (Å²) in [5.74, 6) is 0.524. The van der Waals surface area contributed by atoms with Gasteiger partial charge in [-0.25, -0.2) is 0 Å². The van der Waals surface area contributed by atoms with Gasteiger partial charge >= 0.3 is 0 Å². The summed E-state index contributed by atoms with van der Waals surface area (Å²) < 4.78 is 10.5. The van der Waals surface area contributed by atoms with E-state index in [1.807, 2.05) is 6.08 Å². The van der Waals surface area contributed by atoms with Gasteiger partial charge in [0.2, 0.25) is 0 Å². The molecule has 0 radical (unpaired) electrons. The summed E-state index contributed by atoms with van der Waals surface area (Å²) in [6.07, 6.45) is 3.24. The van der Waals surface area contributed by atoms with Gasteiger partial charge < -0.3 is 14.6 Å². The van der Waals surface area contributed by atoms with Crippen molar-refractivity contribution in [3.05, 3.63) is 12.7 Å². The van der Waals surface area contributed by atoms with Crippen molar-refractivity contribution in [1.82, 2.24) is 0 Å². The quantitative estimate of drug-likeness (QED) is 0.678. The maximum atomic E-state index is 9.84. The molecule has 0 aromatic rings. The predicted molar refractivity (Wildman–Crippen MR) is 55.1 cm³/mol. The Morgan fingerprint density at radius 3 is 2.64 bits per heavy atom. The smallest absolute Gasteiger partial charge is 0.0649 e. The van der Waals surface area contributed by atoms with Gasteiger partial charge in [-0.2, -0.15) is 0 Å². The second kappa shape index (κ2) is 5.49. The van der Waals surface area contributed by atoms with Crippen LogP contribution in [-0.2, 0) is 9.47 Å². The number of aliphatic hydroxyl groups is 1. The Hall–Kier alpha value is -0.380. The van der Waals surface area contributed by atoms with Crippen molar-refractivity contribution in [2.75, 3.05) is 20.8 Å². The summed E-state index contributed by atoms with van der Waals surface area (Å²) in [6, 6.07) is 0. The molecule has 2 unspecified atom stereocenters. The third-order valence-electron chi connectivity index (χ3n) is 3.10. The van der Waals surface area contributed by atoms with Gasteiger partial charge in [0.05, 0.1) is 18.8 Å². The van der Waals surface area contributed by atoms with E-state index in [2.05, 4.69) is 6.58 Å². The Balaban J connectivity index is 2.64. The van der Waals surface area contributed by atoms with E-state index in [0.29, 0.717) is 13.0 Å². The van der Waals surface area contributed by atoms with E-state index in [1.165, 1.54) is 0 Å². The molecule has 1 rings (SSSR count). The van der Waals surface area contributed by atoms with E-state index in [0.717, 1.165) is 6.42 Å². The van der Waals surface area contributed by atoms with Gasteiger partial charge in [-0.1, -0.05) is 6.08 Å². The van der Waals surface area contributed by atoms with Crippen LogP contribution in [0.3, 0.4) is 0 Å². The summed E-state index contributed by atoms with van der Waals surface area (Å²) in [5.41, 5.74) is 0. The fraction of sp³-hybridized carbons (Fsp3) is 0.818. The molecule has 1 fully saturated rings. The van der Waals surface area contributed by atoms with Crippen LogP contribution in [0, 0.1) is 11.8 Å². The Morgan fingerprint density at radius 1 is 1.43 bits per heavy atom. The lowest BCUT2D eigenvalue weighted by Gasteiger charge is -2.22. The first kappa shape index (κ1) is 11.7. The van der Waals surface area contributed by atoms with E-state index in [-0.39, 0.29) is 24.0 Å². The van der Waals surface area contributed by atoms with Crippen molar-refractivity contribution < 1.29 is 14.6 Å². The molecule has 1 saturated carbocycles. The number of hydrogen-bond donors (Lipinski definition) is 1. The number of allylic oxidation sites excluding steroid dienone is 1. The van der Waals surface area contributed by atoms with Gasteiger partial charge in [0.1, 0.15) is 0 Å². The number of hydrogen-bond acceptors (Lipinski definition) is 3. The van der Waals surface area contributed by atoms with Crippen molar-refractivity contribution in [2.24, 2.45) is 11.8 Å². The molecule has 3 nitrogen and oxygen atoms in total. The molecule has 0 saturated heterocycles. The van der Waals surface area contributed by atoms with Gasteiger partial charge in [-0.3, -0.25) is 0 Å². The molecule has 0 bridgehead atoms. The molecule has 0 heterocycles. The minimum absolute atomic E-state index is 0.120. The SMILES string of the molecule is C=CC[C@H]1C(O)CC(OC)[C@@H]1COC. The molecule has 1 aliphatic rings. The van der Waals surface area contributed by atoms with Crippen LogP contribution in [0.15, 0.2) is 12.7 Å². The third kappa shape index (κ3) is 2.35. The standard InChI is InChI=1S/C11H20O3/c1-4-5-8-9(7-13-2)11(14-3)6-10(8)12/h4,8-12H,1,5-7H2,2-3H3/t8-,9-,10?,11?/m1/s1. The second-order valence-electron chi connectivity index (χ2n) is 3.88. The normalized spacial score (nSPS) is 37.4. The fourth-order valence-corrected chi connectivity index (χ4v) is 2.37. The first-order chi connectivity index (χ1) is 6.74. The van der Waals surface area contributed by atoms with E-state index in [1.54, 1.807) is 14.2 Å². The molecule has 0 aliphatic heterocycles. The highest BCUT2D eigenvalue weighted by Gasteiger charge is 2.41. The predicted octanol–water partition coefficient (Wildman–Crippen LogP) is 1.22. The van der Waals surface area contributed by atoms with Crippen molar-refractivity contribution in [1.29, 1.82) is 0 Å². The largest absolute Gasteiger partial charge is 0.393 e. The summed E-state index contributed by atoms with van der Waals surface area (Å²) >= 11 is 0. The van der Waals surface area contributed by atoms with Crippen molar-refractivity contribution in [3.8, 4) is 0 Å². The Labute approximate surface area is 85.7 Å². The topological polar surface area (TPSA) is 38.7 Å². The van der Waals surface area contributed by atoms with Gasteiger partial charge in [-0.05, 0) is 12.3 Å². The monoisotopic (exact) mass is 200 g/mol. The van der Waals surface area contributed by atoms with Crippen LogP contribution < -0.4 is 0 Å². The van der Waals surface area contributed by atoms with E-state index >= 15 is 0 Å². The summed E-state index contributed by atoms with van der Waals surface area (Å²) in [5, 5.41) is 9.84. The minimum atomic E-state index is -0.280. The minimum Gasteiger partial charge on any atom is -0.393 e. The second-order valence-corrected chi connectivity index (χ2v) is 3.88. The van der Waals surface area contributed by atoms with Crippen LogP contribution in [0.4, 0.5) is 0 Å². The third-order valence-corrected chi connectivity index (χ3v) is 3.10. The highest BCUT2D eigenvalue weighted by molar-refractivity contribution is 4.94. The molecular formula is C11H20O3. The van der Waals surface area contributed by atoms with Crippen molar-refractivity contribution in [3.63, 3.8) is 0 Å². The zero-order valence-corrected chi connectivity index (χ0v) is 8.98. The van der Waals surface area contributed by atoms with Crippen LogP contribution in [0.2, 0.25) is 0 Å². The van der Waals surface area contributed by atoms with Gasteiger partial charge in [-0.15, -0.1) is 6.58 Å². The van der Waals surface area contributed by atoms with Crippen LogP contribution >= 0.6 is 0 Å². The molecule has 0 aromatic carbocycles. The molecular weight excluding hydrogens is 180 g/mol. The average Bonchev–Trinajstić information content (AvgIpc) is 2.47. The van der Waals surface area contributed by atoms with Gasteiger partial charge in [0.25, 0.3) is 0 Å². The van der Waals surface area contributed by atoms with E-state index < -0.39 is 0 Å². The zero-order valence-electron chi connectivity index (χ0n) is 8.98. The summed E-state index contributed by atoms with van der Waals surface area (Å²) in [6.45, 7) is 4.36. The molecule has 1 aliphatic carbocycles. The highest BCUT2D eigenvalue weighted by atomic mass is 16.5. The lowest BCUT2D eigenvalue weighted by Crippen LogP contribution is -2.26. The Kier molecular flexibility index (Phi) is 4.58. The number of ether oxygens (including phenoxy) is 2. The lowest BCUT2D eigenvalue weighted by atomic mass is 9.91.